The van der Waals surface area contributed by atoms with E-state index in [0.29, 0.717) is 38.0 Å². The van der Waals surface area contributed by atoms with E-state index in [1.54, 1.807) is 14.2 Å². The van der Waals surface area contributed by atoms with Crippen molar-refractivity contribution in [3.05, 3.63) is 22.1 Å². The minimum atomic E-state index is -0.784. The van der Waals surface area contributed by atoms with Gasteiger partial charge in [0.25, 0.3) is 6.20 Å². The van der Waals surface area contributed by atoms with Crippen LogP contribution in [0.15, 0.2) is 12.0 Å². The fraction of sp³-hybridized carbons (Fsp3) is 0.833. The summed E-state index contributed by atoms with van der Waals surface area (Å²) in [5.41, 5.74) is 0. The van der Waals surface area contributed by atoms with Crippen LogP contribution in [0.3, 0.4) is 0 Å². The van der Waals surface area contributed by atoms with Crippen molar-refractivity contribution in [1.29, 1.82) is 0 Å². The van der Waals surface area contributed by atoms with E-state index in [4.69, 9.17) is 14.2 Å². The summed E-state index contributed by atoms with van der Waals surface area (Å²) in [5.74, 6) is 0.0796. The molecule has 0 aromatic carbocycles. The first-order valence-corrected chi connectivity index (χ1v) is 6.61. The van der Waals surface area contributed by atoms with Crippen LogP contribution in [0, 0.1) is 16.0 Å². The molecule has 0 aliphatic carbocycles. The maximum Gasteiger partial charge on any atom is 0.274 e. The first kappa shape index (κ1) is 15.0. The van der Waals surface area contributed by atoms with E-state index in [1.165, 1.54) is 0 Å². The van der Waals surface area contributed by atoms with Gasteiger partial charge in [0.1, 0.15) is 0 Å². The standard InChI is InChI=1S/C12H21N3O5/c1-18-12(19-2)8-13-11(6-15(16)17)14(9-12)5-10-3-4-20-7-10/h6,10,13H,3-5,7-9H2,1-2H3/b11-6+. The minimum absolute atomic E-state index is 0.372. The average molecular weight is 287 g/mol. The van der Waals surface area contributed by atoms with Gasteiger partial charge >= 0.3 is 0 Å². The Hall–Kier alpha value is -1.38. The van der Waals surface area contributed by atoms with Crippen molar-refractivity contribution in [3.8, 4) is 0 Å². The number of nitro groups is 1. The van der Waals surface area contributed by atoms with E-state index in [1.807, 2.05) is 4.90 Å². The molecule has 0 radical (unpaired) electrons. The molecule has 0 amide bonds. The van der Waals surface area contributed by atoms with Gasteiger partial charge in [-0.2, -0.15) is 0 Å². The molecule has 20 heavy (non-hydrogen) atoms. The van der Waals surface area contributed by atoms with Crippen molar-refractivity contribution in [1.82, 2.24) is 10.2 Å². The molecule has 0 saturated carbocycles. The molecule has 2 aliphatic heterocycles. The van der Waals surface area contributed by atoms with Crippen LogP contribution in [0.1, 0.15) is 6.42 Å². The van der Waals surface area contributed by atoms with Gasteiger partial charge in [0.2, 0.25) is 5.79 Å². The van der Waals surface area contributed by atoms with Gasteiger partial charge in [0, 0.05) is 33.3 Å². The molecule has 2 heterocycles. The molecule has 114 valence electrons. The monoisotopic (exact) mass is 287 g/mol. The molecule has 1 atom stereocenters. The highest BCUT2D eigenvalue weighted by atomic mass is 16.7. The Morgan fingerprint density at radius 1 is 1.60 bits per heavy atom. The zero-order chi connectivity index (χ0) is 14.6. The van der Waals surface area contributed by atoms with Crippen LogP contribution in [-0.2, 0) is 14.2 Å². The first-order valence-electron chi connectivity index (χ1n) is 6.61. The third kappa shape index (κ3) is 3.38. The summed E-state index contributed by atoms with van der Waals surface area (Å²) in [5, 5.41) is 13.7. The number of hydrogen-bond donors (Lipinski definition) is 1. The second-order valence-corrected chi connectivity index (χ2v) is 5.08. The molecule has 0 aromatic rings. The number of nitrogens with zero attached hydrogens (tertiary/aromatic N) is 2. The quantitative estimate of drug-likeness (QED) is 0.432. The van der Waals surface area contributed by atoms with Gasteiger partial charge in [0.05, 0.1) is 24.6 Å². The summed E-state index contributed by atoms with van der Waals surface area (Å²) in [6.07, 6.45) is 1.96. The Bertz CT molecular complexity index is 377. The molecule has 0 bridgehead atoms. The van der Waals surface area contributed by atoms with Crippen LogP contribution in [0.5, 0.6) is 0 Å². The number of ether oxygens (including phenoxy) is 3. The van der Waals surface area contributed by atoms with Crippen LogP contribution < -0.4 is 5.32 Å². The fourth-order valence-corrected chi connectivity index (χ4v) is 2.55. The Kier molecular flexibility index (Phi) is 4.79. The predicted molar refractivity (Wildman–Crippen MR) is 70.3 cm³/mol. The van der Waals surface area contributed by atoms with E-state index in [0.717, 1.165) is 19.2 Å². The maximum absolute atomic E-state index is 10.7. The van der Waals surface area contributed by atoms with Crippen LogP contribution in [0.4, 0.5) is 0 Å². The molecule has 8 nitrogen and oxygen atoms in total. The van der Waals surface area contributed by atoms with Gasteiger partial charge in [-0.1, -0.05) is 0 Å². The lowest BCUT2D eigenvalue weighted by atomic mass is 10.1. The topological polar surface area (TPSA) is 86.1 Å². The molecular formula is C12H21N3O5. The zero-order valence-corrected chi connectivity index (χ0v) is 11.8. The molecule has 2 aliphatic rings. The molecule has 2 fully saturated rings. The SMILES string of the molecule is COC1(OC)CN/C(=C\[N+](=O)[O-])N(CC2CCOC2)C1. The highest BCUT2D eigenvalue weighted by Crippen LogP contribution is 2.24. The van der Waals surface area contributed by atoms with Gasteiger partial charge in [-0.05, 0) is 6.42 Å². The lowest BCUT2D eigenvalue weighted by molar-refractivity contribution is -0.405. The predicted octanol–water partition coefficient (Wildman–Crippen LogP) is -0.00720. The third-order valence-electron chi connectivity index (χ3n) is 3.79. The molecule has 1 unspecified atom stereocenters. The highest BCUT2D eigenvalue weighted by molar-refractivity contribution is 5.03. The zero-order valence-electron chi connectivity index (χ0n) is 11.8. The van der Waals surface area contributed by atoms with E-state index in [-0.39, 0.29) is 0 Å². The number of hydrogen-bond acceptors (Lipinski definition) is 7. The number of methoxy groups -OCH3 is 2. The van der Waals surface area contributed by atoms with Gasteiger partial charge in [-0.15, -0.1) is 0 Å². The lowest BCUT2D eigenvalue weighted by Crippen LogP contribution is -2.59. The van der Waals surface area contributed by atoms with Crippen LogP contribution in [0.2, 0.25) is 0 Å². The summed E-state index contributed by atoms with van der Waals surface area (Å²) >= 11 is 0. The largest absolute Gasteiger partial charge is 0.381 e. The van der Waals surface area contributed by atoms with E-state index in [2.05, 4.69) is 5.32 Å². The van der Waals surface area contributed by atoms with Crippen molar-refractivity contribution in [2.24, 2.45) is 5.92 Å². The number of nitrogens with one attached hydrogen (secondary N) is 1. The third-order valence-corrected chi connectivity index (χ3v) is 3.79. The molecular weight excluding hydrogens is 266 g/mol. The normalized spacial score (nSPS) is 27.6. The highest BCUT2D eigenvalue weighted by Gasteiger charge is 2.39. The summed E-state index contributed by atoms with van der Waals surface area (Å²) in [6.45, 7) is 2.94. The van der Waals surface area contributed by atoms with Gasteiger partial charge in [-0.3, -0.25) is 10.1 Å². The van der Waals surface area contributed by atoms with Crippen molar-refractivity contribution in [2.75, 3.05) is 47.1 Å². The Labute approximate surface area is 117 Å². The van der Waals surface area contributed by atoms with Gasteiger partial charge in [-0.25, -0.2) is 0 Å². The summed E-state index contributed by atoms with van der Waals surface area (Å²) in [6, 6.07) is 0. The minimum Gasteiger partial charge on any atom is -0.381 e. The number of rotatable bonds is 5. The molecule has 2 saturated heterocycles. The molecule has 0 spiro atoms. The summed E-state index contributed by atoms with van der Waals surface area (Å²) in [4.78, 5) is 12.2. The second-order valence-electron chi connectivity index (χ2n) is 5.08. The fourth-order valence-electron chi connectivity index (χ4n) is 2.55. The Balaban J connectivity index is 2.11. The van der Waals surface area contributed by atoms with Crippen LogP contribution in [0.25, 0.3) is 0 Å². The molecule has 1 N–H and O–H groups in total. The van der Waals surface area contributed by atoms with Crippen LogP contribution in [-0.4, -0.2) is 62.7 Å². The van der Waals surface area contributed by atoms with E-state index in [9.17, 15) is 10.1 Å². The first-order chi connectivity index (χ1) is 9.58. The van der Waals surface area contributed by atoms with Gasteiger partial charge in [0.15, 0.2) is 5.82 Å². The van der Waals surface area contributed by atoms with Crippen molar-refractivity contribution in [3.63, 3.8) is 0 Å². The maximum atomic E-state index is 10.7. The average Bonchev–Trinajstić information content (AvgIpc) is 2.93. The Morgan fingerprint density at radius 2 is 2.35 bits per heavy atom. The summed E-state index contributed by atoms with van der Waals surface area (Å²) in [7, 11) is 3.15. The summed E-state index contributed by atoms with van der Waals surface area (Å²) < 4.78 is 16.2. The van der Waals surface area contributed by atoms with Gasteiger partial charge < -0.3 is 24.4 Å². The van der Waals surface area contributed by atoms with Crippen molar-refractivity contribution < 1.29 is 19.1 Å². The molecule has 8 heteroatoms. The smallest absolute Gasteiger partial charge is 0.274 e. The van der Waals surface area contributed by atoms with Crippen molar-refractivity contribution in [2.45, 2.75) is 12.2 Å². The molecule has 0 aromatic heterocycles. The van der Waals surface area contributed by atoms with Crippen LogP contribution >= 0.6 is 0 Å². The Morgan fingerprint density at radius 3 is 2.90 bits per heavy atom. The van der Waals surface area contributed by atoms with Crippen molar-refractivity contribution >= 4 is 0 Å². The van der Waals surface area contributed by atoms with E-state index < -0.39 is 10.7 Å². The lowest BCUT2D eigenvalue weighted by Gasteiger charge is -2.43. The van der Waals surface area contributed by atoms with E-state index >= 15 is 0 Å². The molecule has 2 rings (SSSR count). The second kappa shape index (κ2) is 6.38.